The Kier molecular flexibility index (Phi) is 5.46. The van der Waals surface area contributed by atoms with Gasteiger partial charge < -0.3 is 5.32 Å². The monoisotopic (exact) mass is 374 g/mol. The van der Waals surface area contributed by atoms with Crippen LogP contribution in [0.5, 0.6) is 0 Å². The molecule has 0 aromatic heterocycles. The van der Waals surface area contributed by atoms with Gasteiger partial charge in [0.2, 0.25) is 10.0 Å². The fraction of sp³-hybridized carbons (Fsp3) is 0.600. The maximum absolute atomic E-state index is 12.6. The van der Waals surface area contributed by atoms with E-state index in [2.05, 4.69) is 26.0 Å². The number of benzene rings is 1. The second-order valence-corrected chi connectivity index (χ2v) is 8.53. The van der Waals surface area contributed by atoms with Crippen LogP contribution >= 0.6 is 15.9 Å². The van der Waals surface area contributed by atoms with Gasteiger partial charge in [-0.15, -0.1) is 0 Å². The summed E-state index contributed by atoms with van der Waals surface area (Å²) >= 11 is 3.39. The van der Waals surface area contributed by atoms with E-state index in [0.717, 1.165) is 31.2 Å². The molecule has 1 aromatic carbocycles. The second-order valence-electron chi connectivity index (χ2n) is 6.02. The van der Waals surface area contributed by atoms with Crippen molar-refractivity contribution in [2.24, 2.45) is 0 Å². The van der Waals surface area contributed by atoms with Gasteiger partial charge in [0.05, 0.1) is 4.90 Å². The quantitative estimate of drug-likeness (QED) is 0.831. The Morgan fingerprint density at radius 2 is 1.90 bits per heavy atom. The molecule has 0 spiro atoms. The van der Waals surface area contributed by atoms with Crippen LogP contribution < -0.4 is 10.0 Å². The Balaban J connectivity index is 2.23. The van der Waals surface area contributed by atoms with Gasteiger partial charge in [-0.2, -0.15) is 0 Å². The van der Waals surface area contributed by atoms with Crippen LogP contribution in [0.15, 0.2) is 27.6 Å². The van der Waals surface area contributed by atoms with Gasteiger partial charge in [0.1, 0.15) is 0 Å². The lowest BCUT2D eigenvalue weighted by Gasteiger charge is -2.34. The largest absolute Gasteiger partial charge is 0.316 e. The van der Waals surface area contributed by atoms with Crippen LogP contribution in [-0.4, -0.2) is 21.0 Å². The molecule has 0 aliphatic heterocycles. The number of nitrogens with one attached hydrogen (secondary N) is 2. The lowest BCUT2D eigenvalue weighted by Crippen LogP contribution is -2.47. The average Bonchev–Trinajstić information content (AvgIpc) is 2.38. The molecule has 2 N–H and O–H groups in total. The van der Waals surface area contributed by atoms with Gasteiger partial charge in [0, 0.05) is 16.6 Å². The van der Waals surface area contributed by atoms with Crippen LogP contribution in [0, 0.1) is 0 Å². The smallest absolute Gasteiger partial charge is 0.242 e. The first-order valence-electron chi connectivity index (χ1n) is 7.33. The first kappa shape index (κ1) is 16.9. The van der Waals surface area contributed by atoms with E-state index < -0.39 is 10.0 Å². The molecule has 0 bridgehead atoms. The Bertz CT molecular complexity index is 596. The summed E-state index contributed by atoms with van der Waals surface area (Å²) in [5.41, 5.74) is 0.729. The molecule has 0 amide bonds. The molecule has 0 saturated heterocycles. The zero-order valence-corrected chi connectivity index (χ0v) is 15.0. The molecule has 118 valence electrons. The van der Waals surface area contributed by atoms with E-state index in [4.69, 9.17) is 0 Å². The lowest BCUT2D eigenvalue weighted by atomic mass is 9.84. The molecule has 2 rings (SSSR count). The zero-order chi connectivity index (χ0) is 15.5. The molecule has 0 heterocycles. The number of halogens is 1. The highest BCUT2D eigenvalue weighted by atomic mass is 79.9. The predicted octanol–water partition coefficient (Wildman–Crippen LogP) is 3.17. The summed E-state index contributed by atoms with van der Waals surface area (Å²) in [5, 5.41) is 3.06. The van der Waals surface area contributed by atoms with Gasteiger partial charge in [-0.05, 0) is 60.4 Å². The summed E-state index contributed by atoms with van der Waals surface area (Å²) < 4.78 is 28.8. The molecule has 6 heteroatoms. The predicted molar refractivity (Wildman–Crippen MR) is 88.7 cm³/mol. The van der Waals surface area contributed by atoms with Gasteiger partial charge in [0.25, 0.3) is 0 Å². The number of hydrogen-bond acceptors (Lipinski definition) is 3. The molecular formula is C15H23BrN2O2S. The minimum atomic E-state index is -3.50. The third-order valence-corrected chi connectivity index (χ3v) is 6.62. The van der Waals surface area contributed by atoms with Crippen LogP contribution in [0.2, 0.25) is 0 Å². The van der Waals surface area contributed by atoms with Crippen molar-refractivity contribution in [3.8, 4) is 0 Å². The Hall–Kier alpha value is -0.430. The molecule has 21 heavy (non-hydrogen) atoms. The maximum Gasteiger partial charge on any atom is 0.242 e. The molecule has 1 saturated carbocycles. The summed E-state index contributed by atoms with van der Waals surface area (Å²) in [6.45, 7) is 2.72. The van der Waals surface area contributed by atoms with E-state index in [1.165, 1.54) is 6.42 Å². The van der Waals surface area contributed by atoms with Gasteiger partial charge >= 0.3 is 0 Å². The molecule has 0 atom stereocenters. The molecular weight excluding hydrogens is 352 g/mol. The standard InChI is InChI=1S/C15H23BrN2O2S/c1-15(8-4-3-5-9-15)18-21(19,20)14-7-6-12(11-17-2)10-13(14)16/h6-7,10,17-18H,3-5,8-9,11H2,1-2H3. The fourth-order valence-electron chi connectivity index (χ4n) is 2.89. The summed E-state index contributed by atoms with van der Waals surface area (Å²) in [5.74, 6) is 0. The minimum Gasteiger partial charge on any atom is -0.316 e. The summed E-state index contributed by atoms with van der Waals surface area (Å²) in [6.07, 6.45) is 5.17. The molecule has 0 radical (unpaired) electrons. The normalized spacial score (nSPS) is 18.6. The van der Waals surface area contributed by atoms with Crippen molar-refractivity contribution in [2.45, 2.75) is 56.0 Å². The summed E-state index contributed by atoms with van der Waals surface area (Å²) in [6, 6.07) is 5.37. The molecule has 4 nitrogen and oxygen atoms in total. The minimum absolute atomic E-state index is 0.314. The highest BCUT2D eigenvalue weighted by Gasteiger charge is 2.32. The van der Waals surface area contributed by atoms with Crippen LogP contribution in [0.4, 0.5) is 0 Å². The van der Waals surface area contributed by atoms with Gasteiger partial charge in [-0.25, -0.2) is 13.1 Å². The highest BCUT2D eigenvalue weighted by Crippen LogP contribution is 2.31. The molecule has 1 aromatic rings. The van der Waals surface area contributed by atoms with Gasteiger partial charge in [0.15, 0.2) is 0 Å². The van der Waals surface area contributed by atoms with E-state index in [1.54, 1.807) is 6.07 Å². The van der Waals surface area contributed by atoms with Crippen molar-refractivity contribution in [3.63, 3.8) is 0 Å². The van der Waals surface area contributed by atoms with Crippen molar-refractivity contribution in [2.75, 3.05) is 7.05 Å². The maximum atomic E-state index is 12.6. The number of rotatable bonds is 5. The third-order valence-electron chi connectivity index (χ3n) is 4.00. The summed E-state index contributed by atoms with van der Waals surface area (Å²) in [7, 11) is -1.63. The highest BCUT2D eigenvalue weighted by molar-refractivity contribution is 9.10. The Morgan fingerprint density at radius 3 is 2.48 bits per heavy atom. The first-order chi connectivity index (χ1) is 9.86. The molecule has 0 unspecified atom stereocenters. The van der Waals surface area contributed by atoms with Crippen LogP contribution in [-0.2, 0) is 16.6 Å². The number of sulfonamides is 1. The van der Waals surface area contributed by atoms with E-state index >= 15 is 0 Å². The SMILES string of the molecule is CNCc1ccc(S(=O)(=O)NC2(C)CCCCC2)c(Br)c1. The van der Waals surface area contributed by atoms with Crippen molar-refractivity contribution in [1.29, 1.82) is 0 Å². The molecule has 1 aliphatic rings. The Morgan fingerprint density at radius 1 is 1.24 bits per heavy atom. The first-order valence-corrected chi connectivity index (χ1v) is 9.61. The van der Waals surface area contributed by atoms with Crippen molar-refractivity contribution >= 4 is 26.0 Å². The molecule has 1 fully saturated rings. The van der Waals surface area contributed by atoms with Gasteiger partial charge in [-0.1, -0.05) is 25.3 Å². The van der Waals surface area contributed by atoms with Crippen molar-refractivity contribution in [3.05, 3.63) is 28.2 Å². The van der Waals surface area contributed by atoms with Crippen molar-refractivity contribution in [1.82, 2.24) is 10.0 Å². The summed E-state index contributed by atoms with van der Waals surface area (Å²) in [4.78, 5) is 0.314. The zero-order valence-electron chi connectivity index (χ0n) is 12.6. The van der Waals surface area contributed by atoms with Crippen LogP contribution in [0.1, 0.15) is 44.6 Å². The molecule has 1 aliphatic carbocycles. The van der Waals surface area contributed by atoms with Crippen molar-refractivity contribution < 1.29 is 8.42 Å². The van der Waals surface area contributed by atoms with E-state index in [0.29, 0.717) is 15.9 Å². The second kappa shape index (κ2) is 6.77. The third kappa shape index (κ3) is 4.28. The van der Waals surface area contributed by atoms with Crippen LogP contribution in [0.25, 0.3) is 0 Å². The average molecular weight is 375 g/mol. The van der Waals surface area contributed by atoms with E-state index in [9.17, 15) is 8.42 Å². The van der Waals surface area contributed by atoms with E-state index in [-0.39, 0.29) is 5.54 Å². The Labute approximate surface area is 135 Å². The topological polar surface area (TPSA) is 58.2 Å². The van der Waals surface area contributed by atoms with E-state index in [1.807, 2.05) is 26.1 Å². The van der Waals surface area contributed by atoms with Gasteiger partial charge in [-0.3, -0.25) is 0 Å². The van der Waals surface area contributed by atoms with Crippen LogP contribution in [0.3, 0.4) is 0 Å². The number of hydrogen-bond donors (Lipinski definition) is 2. The lowest BCUT2D eigenvalue weighted by molar-refractivity contribution is 0.294. The fourth-order valence-corrected chi connectivity index (χ4v) is 5.48.